The number of ether oxygens (including phenoxy) is 3. The summed E-state index contributed by atoms with van der Waals surface area (Å²) in [5.41, 5.74) is -1.74. The van der Waals surface area contributed by atoms with E-state index in [-0.39, 0.29) is 12.3 Å². The molecule has 0 aromatic rings. The maximum atomic E-state index is 11.9. The average molecular weight is 244 g/mol. The molecule has 0 aromatic carbocycles. The molecule has 0 aromatic heterocycles. The Hall–Kier alpha value is -1.10. The number of esters is 2. The zero-order valence-electron chi connectivity index (χ0n) is 11.0. The van der Waals surface area contributed by atoms with Crippen LogP contribution in [0.4, 0.5) is 0 Å². The first-order valence-electron chi connectivity index (χ1n) is 5.58. The minimum Gasteiger partial charge on any atom is -0.468 e. The molecule has 1 rings (SSSR count). The van der Waals surface area contributed by atoms with Crippen LogP contribution >= 0.6 is 0 Å². The van der Waals surface area contributed by atoms with E-state index in [0.29, 0.717) is 6.42 Å². The van der Waals surface area contributed by atoms with Crippen LogP contribution in [0.1, 0.15) is 26.7 Å². The molecule has 0 heterocycles. The Morgan fingerprint density at radius 1 is 1.12 bits per heavy atom. The first-order valence-corrected chi connectivity index (χ1v) is 5.58. The van der Waals surface area contributed by atoms with Gasteiger partial charge < -0.3 is 14.2 Å². The number of carbonyl (C=O) groups is 2. The van der Waals surface area contributed by atoms with Crippen LogP contribution in [0.5, 0.6) is 0 Å². The van der Waals surface area contributed by atoms with Crippen LogP contribution in [0.15, 0.2) is 0 Å². The zero-order chi connectivity index (χ0) is 13.3. The van der Waals surface area contributed by atoms with E-state index >= 15 is 0 Å². The normalized spacial score (nSPS) is 31.0. The quantitative estimate of drug-likeness (QED) is 0.550. The van der Waals surface area contributed by atoms with Crippen molar-refractivity contribution < 1.29 is 23.8 Å². The lowest BCUT2D eigenvalue weighted by molar-refractivity contribution is -0.170. The summed E-state index contributed by atoms with van der Waals surface area (Å²) in [4.78, 5) is 23.8. The summed E-state index contributed by atoms with van der Waals surface area (Å²) < 4.78 is 14.9. The van der Waals surface area contributed by atoms with Gasteiger partial charge in [-0.2, -0.15) is 0 Å². The molecule has 5 nitrogen and oxygen atoms in total. The average Bonchev–Trinajstić information content (AvgIpc) is 2.61. The van der Waals surface area contributed by atoms with Gasteiger partial charge in [0.15, 0.2) is 5.41 Å². The molecule has 0 radical (unpaired) electrons. The molecular formula is C12H20O5. The van der Waals surface area contributed by atoms with Gasteiger partial charge in [-0.05, 0) is 19.3 Å². The van der Waals surface area contributed by atoms with Gasteiger partial charge in [-0.25, -0.2) is 0 Å². The predicted molar refractivity (Wildman–Crippen MR) is 60.3 cm³/mol. The molecule has 0 saturated heterocycles. The SMILES string of the molecule is COC(=O)C1(C(=O)OC)CC(C)C(C)(OC)C1. The van der Waals surface area contributed by atoms with E-state index in [9.17, 15) is 9.59 Å². The molecule has 17 heavy (non-hydrogen) atoms. The molecule has 98 valence electrons. The Labute approximate surface area is 101 Å². The molecule has 0 aliphatic heterocycles. The number of carbonyl (C=O) groups excluding carboxylic acids is 2. The third-order valence-corrected chi connectivity index (χ3v) is 3.97. The van der Waals surface area contributed by atoms with Gasteiger partial charge in [-0.1, -0.05) is 6.92 Å². The Kier molecular flexibility index (Phi) is 3.81. The second-order valence-corrected chi connectivity index (χ2v) is 4.86. The van der Waals surface area contributed by atoms with Crippen molar-refractivity contribution in [2.75, 3.05) is 21.3 Å². The smallest absolute Gasteiger partial charge is 0.323 e. The summed E-state index contributed by atoms with van der Waals surface area (Å²) >= 11 is 0. The molecule has 1 saturated carbocycles. The maximum Gasteiger partial charge on any atom is 0.323 e. The molecule has 0 bridgehead atoms. The maximum absolute atomic E-state index is 11.9. The van der Waals surface area contributed by atoms with Gasteiger partial charge in [0.2, 0.25) is 0 Å². The molecule has 1 aliphatic rings. The second kappa shape index (κ2) is 4.64. The summed E-state index contributed by atoms with van der Waals surface area (Å²) in [6.07, 6.45) is 0.674. The molecular weight excluding hydrogens is 224 g/mol. The Morgan fingerprint density at radius 2 is 1.59 bits per heavy atom. The Morgan fingerprint density at radius 3 is 1.88 bits per heavy atom. The summed E-state index contributed by atoms with van der Waals surface area (Å²) in [6.45, 7) is 3.85. The van der Waals surface area contributed by atoms with Crippen LogP contribution in [0.2, 0.25) is 0 Å². The van der Waals surface area contributed by atoms with E-state index in [2.05, 4.69) is 0 Å². The summed E-state index contributed by atoms with van der Waals surface area (Å²) in [6, 6.07) is 0. The van der Waals surface area contributed by atoms with Crippen molar-refractivity contribution in [2.45, 2.75) is 32.3 Å². The van der Waals surface area contributed by atoms with Crippen molar-refractivity contribution in [2.24, 2.45) is 11.3 Å². The molecule has 2 unspecified atom stereocenters. The fraction of sp³-hybridized carbons (Fsp3) is 0.833. The number of rotatable bonds is 3. The van der Waals surface area contributed by atoms with Crippen LogP contribution in [-0.2, 0) is 23.8 Å². The first-order chi connectivity index (χ1) is 7.86. The van der Waals surface area contributed by atoms with Crippen LogP contribution in [0.25, 0.3) is 0 Å². The molecule has 0 amide bonds. The van der Waals surface area contributed by atoms with Crippen molar-refractivity contribution >= 4 is 11.9 Å². The second-order valence-electron chi connectivity index (χ2n) is 4.86. The summed E-state index contributed by atoms with van der Waals surface area (Å²) in [5.74, 6) is -1.01. The third-order valence-electron chi connectivity index (χ3n) is 3.97. The summed E-state index contributed by atoms with van der Waals surface area (Å²) in [5, 5.41) is 0. The van der Waals surface area contributed by atoms with E-state index in [1.807, 2.05) is 13.8 Å². The lowest BCUT2D eigenvalue weighted by Crippen LogP contribution is -2.41. The lowest BCUT2D eigenvalue weighted by Gasteiger charge is -2.28. The Bertz CT molecular complexity index is 309. The summed E-state index contributed by atoms with van der Waals surface area (Å²) in [7, 11) is 4.14. The fourth-order valence-corrected chi connectivity index (χ4v) is 2.64. The lowest BCUT2D eigenvalue weighted by atomic mass is 9.84. The van der Waals surface area contributed by atoms with Gasteiger partial charge in [0, 0.05) is 13.5 Å². The van der Waals surface area contributed by atoms with Crippen LogP contribution in [0.3, 0.4) is 0 Å². The highest BCUT2D eigenvalue weighted by Gasteiger charge is 2.60. The van der Waals surface area contributed by atoms with Crippen molar-refractivity contribution in [3.8, 4) is 0 Å². The largest absolute Gasteiger partial charge is 0.468 e. The van der Waals surface area contributed by atoms with E-state index in [0.717, 1.165) is 0 Å². The molecule has 1 fully saturated rings. The van der Waals surface area contributed by atoms with Crippen LogP contribution in [0, 0.1) is 11.3 Å². The minimum absolute atomic E-state index is 0.0747. The van der Waals surface area contributed by atoms with E-state index < -0.39 is 23.0 Å². The zero-order valence-corrected chi connectivity index (χ0v) is 11.0. The standard InChI is InChI=1S/C12H20O5/c1-8-6-12(9(13)15-3,10(14)16-4)7-11(8,2)17-5/h8H,6-7H2,1-5H3. The van der Waals surface area contributed by atoms with Crippen LogP contribution in [-0.4, -0.2) is 38.9 Å². The number of methoxy groups -OCH3 is 3. The molecule has 0 spiro atoms. The minimum atomic E-state index is -1.23. The molecule has 1 aliphatic carbocycles. The van der Waals surface area contributed by atoms with Gasteiger partial charge in [0.25, 0.3) is 0 Å². The van der Waals surface area contributed by atoms with Gasteiger partial charge in [0.05, 0.1) is 19.8 Å². The van der Waals surface area contributed by atoms with Crippen molar-refractivity contribution in [3.05, 3.63) is 0 Å². The molecule has 2 atom stereocenters. The van der Waals surface area contributed by atoms with Crippen molar-refractivity contribution in [1.29, 1.82) is 0 Å². The highest BCUT2D eigenvalue weighted by Crippen LogP contribution is 2.50. The molecule has 5 heteroatoms. The van der Waals surface area contributed by atoms with Crippen LogP contribution < -0.4 is 0 Å². The van der Waals surface area contributed by atoms with Gasteiger partial charge >= 0.3 is 11.9 Å². The third kappa shape index (κ3) is 2.04. The Balaban J connectivity index is 3.13. The number of hydrogen-bond donors (Lipinski definition) is 0. The van der Waals surface area contributed by atoms with Crippen molar-refractivity contribution in [1.82, 2.24) is 0 Å². The highest BCUT2D eigenvalue weighted by atomic mass is 16.5. The van der Waals surface area contributed by atoms with E-state index in [1.165, 1.54) is 14.2 Å². The van der Waals surface area contributed by atoms with E-state index in [4.69, 9.17) is 14.2 Å². The van der Waals surface area contributed by atoms with Gasteiger partial charge in [0.1, 0.15) is 0 Å². The highest BCUT2D eigenvalue weighted by molar-refractivity contribution is 6.00. The number of hydrogen-bond acceptors (Lipinski definition) is 5. The predicted octanol–water partition coefficient (Wildman–Crippen LogP) is 1.15. The fourth-order valence-electron chi connectivity index (χ4n) is 2.64. The van der Waals surface area contributed by atoms with Gasteiger partial charge in [-0.3, -0.25) is 9.59 Å². The monoisotopic (exact) mass is 244 g/mol. The first kappa shape index (κ1) is 14.0. The molecule has 0 N–H and O–H groups in total. The van der Waals surface area contributed by atoms with Gasteiger partial charge in [-0.15, -0.1) is 0 Å². The topological polar surface area (TPSA) is 61.8 Å². The van der Waals surface area contributed by atoms with Crippen molar-refractivity contribution in [3.63, 3.8) is 0 Å². The van der Waals surface area contributed by atoms with E-state index in [1.54, 1.807) is 7.11 Å².